The summed E-state index contributed by atoms with van der Waals surface area (Å²) in [5.41, 5.74) is -0.534. The second kappa shape index (κ2) is 4.31. The SMILES string of the molecule is CC(C)n1nc(-c2cccc(C(F)(F)F)c2)nc1[C@]12C3C(=O)C[C@@H]1[C@H]32. The van der Waals surface area contributed by atoms with Crippen LogP contribution >= 0.6 is 0 Å². The summed E-state index contributed by atoms with van der Waals surface area (Å²) >= 11 is 0. The molecule has 7 heteroatoms. The Morgan fingerprint density at radius 3 is 2.64 bits per heavy atom. The number of rotatable bonds is 3. The number of fused-ring (bicyclic) bond motifs is 1. The van der Waals surface area contributed by atoms with E-state index in [2.05, 4.69) is 10.1 Å². The molecule has 0 aliphatic heterocycles. The van der Waals surface area contributed by atoms with Gasteiger partial charge in [-0.25, -0.2) is 9.67 Å². The lowest BCUT2D eigenvalue weighted by Gasteiger charge is -2.12. The van der Waals surface area contributed by atoms with Gasteiger partial charge in [-0.2, -0.15) is 18.3 Å². The van der Waals surface area contributed by atoms with Gasteiger partial charge in [0, 0.05) is 29.4 Å². The number of aromatic nitrogens is 3. The Kier molecular flexibility index (Phi) is 2.61. The first-order valence-electron chi connectivity index (χ1n) is 8.43. The van der Waals surface area contributed by atoms with E-state index in [1.807, 2.05) is 13.8 Å². The van der Waals surface area contributed by atoms with Gasteiger partial charge in [0.05, 0.1) is 5.56 Å². The molecule has 25 heavy (non-hydrogen) atoms. The van der Waals surface area contributed by atoms with Gasteiger partial charge in [-0.3, -0.25) is 4.79 Å². The summed E-state index contributed by atoms with van der Waals surface area (Å²) in [6.45, 7) is 3.93. The van der Waals surface area contributed by atoms with E-state index in [0.29, 0.717) is 35.4 Å². The molecule has 0 N–H and O–H groups in total. The highest BCUT2D eigenvalue weighted by molar-refractivity contribution is 5.97. The summed E-state index contributed by atoms with van der Waals surface area (Å²) in [6, 6.07) is 5.12. The van der Waals surface area contributed by atoms with Crippen molar-refractivity contribution in [1.29, 1.82) is 0 Å². The van der Waals surface area contributed by atoms with E-state index in [9.17, 15) is 18.0 Å². The van der Waals surface area contributed by atoms with Crippen molar-refractivity contribution in [2.24, 2.45) is 17.8 Å². The van der Waals surface area contributed by atoms with E-state index >= 15 is 0 Å². The van der Waals surface area contributed by atoms with Gasteiger partial charge in [0.1, 0.15) is 11.6 Å². The lowest BCUT2D eigenvalue weighted by molar-refractivity contribution is -0.137. The van der Waals surface area contributed by atoms with E-state index < -0.39 is 11.7 Å². The zero-order valence-corrected chi connectivity index (χ0v) is 13.7. The van der Waals surface area contributed by atoms with Crippen LogP contribution < -0.4 is 0 Å². The topological polar surface area (TPSA) is 47.8 Å². The Morgan fingerprint density at radius 2 is 2.08 bits per heavy atom. The number of carbonyl (C=O) groups excluding carboxylic acids is 1. The number of halogens is 3. The molecule has 4 aliphatic rings. The molecule has 4 saturated carbocycles. The molecule has 0 saturated heterocycles. The third-order valence-corrected chi connectivity index (χ3v) is 5.98. The zero-order valence-electron chi connectivity index (χ0n) is 13.7. The Balaban J connectivity index is 1.59. The minimum atomic E-state index is -4.40. The van der Waals surface area contributed by atoms with Crippen molar-refractivity contribution >= 4 is 5.78 Å². The van der Waals surface area contributed by atoms with E-state index in [0.717, 1.165) is 18.0 Å². The van der Waals surface area contributed by atoms with Crippen LogP contribution in [0.25, 0.3) is 11.4 Å². The van der Waals surface area contributed by atoms with Crippen molar-refractivity contribution in [3.05, 3.63) is 35.7 Å². The average Bonchev–Trinajstić information content (AvgIpc) is 3.14. The summed E-state index contributed by atoms with van der Waals surface area (Å²) in [6.07, 6.45) is -3.79. The number of alkyl halides is 3. The first kappa shape index (κ1) is 15.1. The van der Waals surface area contributed by atoms with Crippen molar-refractivity contribution in [2.45, 2.75) is 37.9 Å². The normalized spacial score (nSPS) is 32.2. The lowest BCUT2D eigenvalue weighted by Crippen LogP contribution is -2.16. The first-order chi connectivity index (χ1) is 11.8. The molecule has 0 radical (unpaired) electrons. The molecule has 1 unspecified atom stereocenters. The molecule has 4 fully saturated rings. The molecule has 130 valence electrons. The standard InChI is InChI=1S/C18H16F3N3O/c1-8(2)24-16(17-11-7-12(25)14(17)13(11)17)22-15(23-24)9-4-3-5-10(6-9)18(19,20)21/h3-6,8,11,13-14H,7H2,1-2H3/t11-,13-,14?,17-/m1/s1. The fraction of sp³-hybridized carbons (Fsp3) is 0.500. The molecule has 1 aromatic heterocycles. The summed E-state index contributed by atoms with van der Waals surface area (Å²) in [5, 5.41) is 4.48. The molecule has 0 amide bonds. The smallest absolute Gasteiger partial charge is 0.299 e. The van der Waals surface area contributed by atoms with Gasteiger partial charge in [0.15, 0.2) is 5.82 Å². The largest absolute Gasteiger partial charge is 0.416 e. The van der Waals surface area contributed by atoms with E-state index in [1.165, 1.54) is 6.07 Å². The molecule has 2 aromatic rings. The number of benzene rings is 1. The number of nitrogens with zero attached hydrogens (tertiary/aromatic N) is 3. The number of Topliss-reactive ketones (excluding diaryl/α,β-unsaturated/α-hetero) is 1. The van der Waals surface area contributed by atoms with Crippen LogP contribution in [-0.2, 0) is 16.4 Å². The number of hydrogen-bond acceptors (Lipinski definition) is 3. The Hall–Kier alpha value is -2.18. The van der Waals surface area contributed by atoms with Gasteiger partial charge in [-0.15, -0.1) is 0 Å². The van der Waals surface area contributed by atoms with Crippen LogP contribution in [0.2, 0.25) is 0 Å². The molecular weight excluding hydrogens is 331 g/mol. The van der Waals surface area contributed by atoms with Crippen LogP contribution in [0.4, 0.5) is 13.2 Å². The van der Waals surface area contributed by atoms with Gasteiger partial charge in [0.25, 0.3) is 0 Å². The number of ketones is 1. The lowest BCUT2D eigenvalue weighted by atomic mass is 10.0. The van der Waals surface area contributed by atoms with Crippen LogP contribution in [0, 0.1) is 17.8 Å². The summed E-state index contributed by atoms with van der Waals surface area (Å²) in [5.74, 6) is 2.19. The van der Waals surface area contributed by atoms with E-state index in [4.69, 9.17) is 0 Å². The minimum Gasteiger partial charge on any atom is -0.299 e. The minimum absolute atomic E-state index is 0.0350. The number of hydrogen-bond donors (Lipinski definition) is 0. The summed E-state index contributed by atoms with van der Waals surface area (Å²) in [4.78, 5) is 16.6. The zero-order chi connectivity index (χ0) is 17.7. The molecule has 1 aromatic carbocycles. The van der Waals surface area contributed by atoms with E-state index in [1.54, 1.807) is 10.7 Å². The maximum absolute atomic E-state index is 13.0. The molecule has 1 heterocycles. The van der Waals surface area contributed by atoms with Crippen molar-refractivity contribution in [2.75, 3.05) is 0 Å². The van der Waals surface area contributed by atoms with Crippen molar-refractivity contribution < 1.29 is 18.0 Å². The van der Waals surface area contributed by atoms with Gasteiger partial charge in [-0.05, 0) is 37.8 Å². The van der Waals surface area contributed by atoms with Crippen molar-refractivity contribution in [3.63, 3.8) is 0 Å². The predicted molar refractivity (Wildman–Crippen MR) is 82.6 cm³/mol. The highest BCUT2D eigenvalue weighted by Crippen LogP contribution is 2.89. The molecule has 4 atom stereocenters. The molecule has 4 nitrogen and oxygen atoms in total. The quantitative estimate of drug-likeness (QED) is 0.852. The summed E-state index contributed by atoms with van der Waals surface area (Å²) < 4.78 is 40.7. The van der Waals surface area contributed by atoms with Gasteiger partial charge in [0.2, 0.25) is 0 Å². The predicted octanol–water partition coefficient (Wildman–Crippen LogP) is 3.63. The van der Waals surface area contributed by atoms with Gasteiger partial charge in [-0.1, -0.05) is 12.1 Å². The average molecular weight is 347 g/mol. The van der Waals surface area contributed by atoms with Crippen LogP contribution in [0.3, 0.4) is 0 Å². The maximum atomic E-state index is 13.0. The maximum Gasteiger partial charge on any atom is 0.416 e. The van der Waals surface area contributed by atoms with Gasteiger partial charge >= 0.3 is 6.18 Å². The highest BCUT2D eigenvalue weighted by atomic mass is 19.4. The first-order valence-corrected chi connectivity index (χ1v) is 8.43. The van der Waals surface area contributed by atoms with Crippen LogP contribution in [-0.4, -0.2) is 20.5 Å². The molecular formula is C18H16F3N3O. The molecule has 0 spiro atoms. The summed E-state index contributed by atoms with van der Waals surface area (Å²) in [7, 11) is 0. The monoisotopic (exact) mass is 347 g/mol. The fourth-order valence-corrected chi connectivity index (χ4v) is 4.79. The fourth-order valence-electron chi connectivity index (χ4n) is 4.79. The Morgan fingerprint density at radius 1 is 1.32 bits per heavy atom. The van der Waals surface area contributed by atoms with Crippen molar-refractivity contribution in [1.82, 2.24) is 14.8 Å². The Labute approximate surface area is 142 Å². The second-order valence-corrected chi connectivity index (χ2v) is 7.59. The van der Waals surface area contributed by atoms with Crippen LogP contribution in [0.1, 0.15) is 37.7 Å². The molecule has 4 aliphatic carbocycles. The molecule has 6 rings (SSSR count). The van der Waals surface area contributed by atoms with E-state index in [-0.39, 0.29) is 17.4 Å². The second-order valence-electron chi connectivity index (χ2n) is 7.59. The van der Waals surface area contributed by atoms with Crippen LogP contribution in [0.5, 0.6) is 0 Å². The van der Waals surface area contributed by atoms with Gasteiger partial charge < -0.3 is 0 Å². The third kappa shape index (κ3) is 1.76. The third-order valence-electron chi connectivity index (χ3n) is 5.98. The van der Waals surface area contributed by atoms with Crippen molar-refractivity contribution in [3.8, 4) is 11.4 Å². The highest BCUT2D eigenvalue weighted by Gasteiger charge is 2.94. The van der Waals surface area contributed by atoms with Crippen LogP contribution in [0.15, 0.2) is 24.3 Å². The number of carbonyl (C=O) groups is 1. The Bertz CT molecular complexity index is 911. The molecule has 2 bridgehead atoms.